The molecule has 124 valence electrons. The summed E-state index contributed by atoms with van der Waals surface area (Å²) in [6.45, 7) is 0. The monoisotopic (exact) mass is 332 g/mol. The first-order valence-corrected chi connectivity index (χ1v) is 7.63. The van der Waals surface area contributed by atoms with Crippen LogP contribution in [0.3, 0.4) is 0 Å². The second kappa shape index (κ2) is 6.93. The van der Waals surface area contributed by atoms with Crippen LogP contribution >= 0.6 is 0 Å². The zero-order valence-electron chi connectivity index (χ0n) is 13.9. The van der Waals surface area contributed by atoms with E-state index in [1.54, 1.807) is 38.5 Å². The third-order valence-electron chi connectivity index (χ3n) is 3.92. The van der Waals surface area contributed by atoms with Gasteiger partial charge in [0.1, 0.15) is 11.6 Å². The van der Waals surface area contributed by atoms with Gasteiger partial charge in [-0.05, 0) is 29.3 Å². The van der Waals surface area contributed by atoms with Crippen molar-refractivity contribution in [3.63, 3.8) is 0 Å². The fraction of sp³-hybridized carbons (Fsp3) is 0.100. The van der Waals surface area contributed by atoms with Crippen LogP contribution in [0.1, 0.15) is 5.56 Å². The molecule has 1 heterocycles. The largest absolute Gasteiger partial charge is 0.493 e. The van der Waals surface area contributed by atoms with E-state index >= 15 is 0 Å². The Hall–Kier alpha value is -3.52. The van der Waals surface area contributed by atoms with E-state index in [9.17, 15) is 10.1 Å². The second-order valence-corrected chi connectivity index (χ2v) is 5.35. The molecule has 5 nitrogen and oxygen atoms in total. The molecule has 5 heteroatoms. The smallest absolute Gasteiger partial charge is 0.266 e. The topological polar surface area (TPSA) is 75.1 Å². The van der Waals surface area contributed by atoms with Crippen molar-refractivity contribution in [2.45, 2.75) is 0 Å². The van der Waals surface area contributed by atoms with Gasteiger partial charge in [-0.3, -0.25) is 4.79 Å². The summed E-state index contributed by atoms with van der Waals surface area (Å²) >= 11 is 0. The number of rotatable bonds is 4. The van der Waals surface area contributed by atoms with E-state index in [1.165, 1.54) is 0 Å². The standard InChI is InChI=1S/C20H16N2O3/c1-24-18-9-8-14(10-19(18)25-2)15-11-17(13-6-4-3-5-7-13)22-20(23)16(15)12-21/h3-11H,1-2H3,(H,22,23). The second-order valence-electron chi connectivity index (χ2n) is 5.35. The Morgan fingerprint density at radius 3 is 2.28 bits per heavy atom. The molecule has 0 fully saturated rings. The molecule has 0 aliphatic heterocycles. The Kier molecular flexibility index (Phi) is 4.53. The van der Waals surface area contributed by atoms with Gasteiger partial charge in [0.25, 0.3) is 5.56 Å². The van der Waals surface area contributed by atoms with Gasteiger partial charge >= 0.3 is 0 Å². The molecule has 0 bridgehead atoms. The predicted molar refractivity (Wildman–Crippen MR) is 95.8 cm³/mol. The maximum Gasteiger partial charge on any atom is 0.266 e. The number of benzene rings is 2. The highest BCUT2D eigenvalue weighted by Crippen LogP contribution is 2.34. The maximum atomic E-state index is 12.4. The number of nitriles is 1. The van der Waals surface area contributed by atoms with Gasteiger partial charge in [-0.1, -0.05) is 36.4 Å². The molecule has 0 unspecified atom stereocenters. The Bertz CT molecular complexity index is 1000. The third kappa shape index (κ3) is 3.10. The minimum absolute atomic E-state index is 0.0619. The Balaban J connectivity index is 2.23. The minimum Gasteiger partial charge on any atom is -0.493 e. The number of aromatic amines is 1. The van der Waals surface area contributed by atoms with Crippen LogP contribution in [-0.4, -0.2) is 19.2 Å². The lowest BCUT2D eigenvalue weighted by Gasteiger charge is -2.12. The average Bonchev–Trinajstić information content (AvgIpc) is 2.67. The van der Waals surface area contributed by atoms with Crippen molar-refractivity contribution >= 4 is 0 Å². The maximum absolute atomic E-state index is 12.4. The van der Waals surface area contributed by atoms with Crippen LogP contribution in [0.2, 0.25) is 0 Å². The lowest BCUT2D eigenvalue weighted by Crippen LogP contribution is -2.12. The van der Waals surface area contributed by atoms with Crippen LogP contribution in [0.4, 0.5) is 0 Å². The first-order valence-electron chi connectivity index (χ1n) is 7.63. The summed E-state index contributed by atoms with van der Waals surface area (Å²) in [6.07, 6.45) is 0. The molecule has 3 rings (SSSR count). The summed E-state index contributed by atoms with van der Waals surface area (Å²) in [5.41, 5.74) is 2.41. The molecule has 0 atom stereocenters. The van der Waals surface area contributed by atoms with Crippen molar-refractivity contribution < 1.29 is 9.47 Å². The first-order chi connectivity index (χ1) is 12.2. The van der Waals surface area contributed by atoms with Crippen molar-refractivity contribution in [1.82, 2.24) is 4.98 Å². The predicted octanol–water partition coefficient (Wildman–Crippen LogP) is 3.60. The van der Waals surface area contributed by atoms with E-state index in [2.05, 4.69) is 4.98 Å². The highest BCUT2D eigenvalue weighted by atomic mass is 16.5. The summed E-state index contributed by atoms with van der Waals surface area (Å²) < 4.78 is 10.6. The van der Waals surface area contributed by atoms with Gasteiger partial charge < -0.3 is 14.5 Å². The van der Waals surface area contributed by atoms with E-state index in [0.717, 1.165) is 5.56 Å². The average molecular weight is 332 g/mol. The van der Waals surface area contributed by atoms with Crippen LogP contribution in [0.5, 0.6) is 11.5 Å². The summed E-state index contributed by atoms with van der Waals surface area (Å²) in [6, 6.07) is 18.6. The van der Waals surface area contributed by atoms with Crippen LogP contribution < -0.4 is 15.0 Å². The highest BCUT2D eigenvalue weighted by molar-refractivity contribution is 5.76. The van der Waals surface area contributed by atoms with E-state index in [4.69, 9.17) is 9.47 Å². The van der Waals surface area contributed by atoms with Gasteiger partial charge in [-0.25, -0.2) is 0 Å². The Morgan fingerprint density at radius 2 is 1.64 bits per heavy atom. The molecule has 0 aliphatic carbocycles. The quantitative estimate of drug-likeness (QED) is 0.792. The molecule has 0 spiro atoms. The fourth-order valence-electron chi connectivity index (χ4n) is 2.68. The van der Waals surface area contributed by atoms with Crippen LogP contribution in [-0.2, 0) is 0 Å². The molecule has 1 aromatic heterocycles. The summed E-state index contributed by atoms with van der Waals surface area (Å²) in [4.78, 5) is 15.2. The zero-order chi connectivity index (χ0) is 17.8. The van der Waals surface area contributed by atoms with E-state index in [-0.39, 0.29) is 5.56 Å². The number of pyridine rings is 1. The van der Waals surface area contributed by atoms with Crippen molar-refractivity contribution in [1.29, 1.82) is 5.26 Å². The fourth-order valence-corrected chi connectivity index (χ4v) is 2.68. The number of aromatic nitrogens is 1. The summed E-state index contributed by atoms with van der Waals surface area (Å²) in [5, 5.41) is 9.42. The number of nitrogens with zero attached hydrogens (tertiary/aromatic N) is 1. The van der Waals surface area contributed by atoms with Gasteiger partial charge in [0.2, 0.25) is 0 Å². The van der Waals surface area contributed by atoms with Gasteiger partial charge in [-0.2, -0.15) is 5.26 Å². The van der Waals surface area contributed by atoms with Crippen LogP contribution in [0.15, 0.2) is 59.4 Å². The number of hydrogen-bond donors (Lipinski definition) is 1. The summed E-state index contributed by atoms with van der Waals surface area (Å²) in [7, 11) is 3.10. The van der Waals surface area contributed by atoms with Gasteiger partial charge in [0.15, 0.2) is 11.5 Å². The van der Waals surface area contributed by atoms with Crippen LogP contribution in [0.25, 0.3) is 22.4 Å². The zero-order valence-corrected chi connectivity index (χ0v) is 13.9. The first kappa shape index (κ1) is 16.3. The lowest BCUT2D eigenvalue weighted by atomic mass is 9.98. The van der Waals surface area contributed by atoms with E-state index < -0.39 is 5.56 Å². The Labute approximate surface area is 145 Å². The SMILES string of the molecule is COc1ccc(-c2cc(-c3ccccc3)[nH]c(=O)c2C#N)cc1OC. The molecule has 1 N–H and O–H groups in total. The molecule has 0 radical (unpaired) electrons. The molecular formula is C20H16N2O3. The molecule has 0 saturated heterocycles. The van der Waals surface area contributed by atoms with Crippen LogP contribution in [0, 0.1) is 11.3 Å². The number of hydrogen-bond acceptors (Lipinski definition) is 4. The lowest BCUT2D eigenvalue weighted by molar-refractivity contribution is 0.355. The Morgan fingerprint density at radius 1 is 0.920 bits per heavy atom. The number of H-pyrrole nitrogens is 1. The van der Waals surface area contributed by atoms with Gasteiger partial charge in [-0.15, -0.1) is 0 Å². The van der Waals surface area contributed by atoms with Crippen molar-refractivity contribution in [3.05, 3.63) is 70.5 Å². The third-order valence-corrected chi connectivity index (χ3v) is 3.92. The van der Waals surface area contributed by atoms with Crippen molar-refractivity contribution in [3.8, 4) is 40.0 Å². The normalized spacial score (nSPS) is 10.1. The number of nitrogens with one attached hydrogen (secondary N) is 1. The molecular weight excluding hydrogens is 316 g/mol. The van der Waals surface area contributed by atoms with Gasteiger partial charge in [0, 0.05) is 11.3 Å². The molecule has 2 aromatic carbocycles. The molecule has 0 saturated carbocycles. The van der Waals surface area contributed by atoms with E-state index in [1.807, 2.05) is 36.4 Å². The molecule has 3 aromatic rings. The number of ether oxygens (including phenoxy) is 2. The summed E-state index contributed by atoms with van der Waals surface area (Å²) in [5.74, 6) is 1.11. The minimum atomic E-state index is -0.423. The molecule has 0 aliphatic rings. The van der Waals surface area contributed by atoms with Crippen molar-refractivity contribution in [2.24, 2.45) is 0 Å². The van der Waals surface area contributed by atoms with E-state index in [0.29, 0.717) is 28.3 Å². The highest BCUT2D eigenvalue weighted by Gasteiger charge is 2.14. The molecule has 25 heavy (non-hydrogen) atoms. The van der Waals surface area contributed by atoms with Crippen molar-refractivity contribution in [2.75, 3.05) is 14.2 Å². The molecule has 0 amide bonds. The number of methoxy groups -OCH3 is 2. The van der Waals surface area contributed by atoms with Gasteiger partial charge in [0.05, 0.1) is 14.2 Å².